The van der Waals surface area contributed by atoms with Crippen molar-refractivity contribution < 1.29 is 9.59 Å². The van der Waals surface area contributed by atoms with Crippen LogP contribution in [0, 0.1) is 0 Å². The number of fused-ring (bicyclic) bond motifs is 1. The molecule has 1 aromatic carbocycles. The minimum Gasteiger partial charge on any atom is -0.324 e. The molecule has 0 fully saturated rings. The van der Waals surface area contributed by atoms with Crippen molar-refractivity contribution >= 4 is 11.7 Å². The van der Waals surface area contributed by atoms with Gasteiger partial charge in [-0.2, -0.15) is 0 Å². The Hall–Kier alpha value is -2.49. The van der Waals surface area contributed by atoms with Gasteiger partial charge in [0.25, 0.3) is 0 Å². The van der Waals surface area contributed by atoms with Crippen LogP contribution in [0.3, 0.4) is 0 Å². The van der Waals surface area contributed by atoms with Crippen LogP contribution in [0.1, 0.15) is 36.1 Å². The van der Waals surface area contributed by atoms with Gasteiger partial charge in [0.1, 0.15) is 6.04 Å². The van der Waals surface area contributed by atoms with Gasteiger partial charge in [-0.25, -0.2) is 0 Å². The second-order valence-electron chi connectivity index (χ2n) is 5.58. The van der Waals surface area contributed by atoms with Gasteiger partial charge in [-0.1, -0.05) is 30.3 Å². The summed E-state index contributed by atoms with van der Waals surface area (Å²) in [4.78, 5) is 30.3. The second-order valence-corrected chi connectivity index (χ2v) is 5.58. The van der Waals surface area contributed by atoms with Crippen molar-refractivity contribution in [2.24, 2.45) is 0 Å². The van der Waals surface area contributed by atoms with E-state index in [9.17, 15) is 9.59 Å². The fraction of sp³-hybridized carbons (Fsp3) is 0.278. The third kappa shape index (κ3) is 2.77. The van der Waals surface area contributed by atoms with Gasteiger partial charge < -0.3 is 4.90 Å². The number of carbonyl (C=O) groups is 2. The SMILES string of the molecule is CC(=O)N1Cc2ccccc2C1C(=O)CCc1cccnc1. The van der Waals surface area contributed by atoms with Crippen LogP contribution in [-0.2, 0) is 22.6 Å². The maximum absolute atomic E-state index is 12.7. The maximum atomic E-state index is 12.7. The maximum Gasteiger partial charge on any atom is 0.220 e. The van der Waals surface area contributed by atoms with Crippen molar-refractivity contribution in [3.8, 4) is 0 Å². The predicted octanol–water partition coefficient (Wildman–Crippen LogP) is 2.69. The summed E-state index contributed by atoms with van der Waals surface area (Å²) in [5.41, 5.74) is 3.07. The summed E-state index contributed by atoms with van der Waals surface area (Å²) >= 11 is 0. The molecule has 1 aliphatic rings. The van der Waals surface area contributed by atoms with Gasteiger partial charge in [0.15, 0.2) is 5.78 Å². The number of benzene rings is 1. The fourth-order valence-corrected chi connectivity index (χ4v) is 2.98. The zero-order valence-electron chi connectivity index (χ0n) is 12.5. The van der Waals surface area contributed by atoms with E-state index in [0.29, 0.717) is 19.4 Å². The van der Waals surface area contributed by atoms with Gasteiger partial charge in [0.2, 0.25) is 5.91 Å². The fourth-order valence-electron chi connectivity index (χ4n) is 2.98. The molecular formula is C18H18N2O2. The van der Waals surface area contributed by atoms with E-state index < -0.39 is 6.04 Å². The van der Waals surface area contributed by atoms with Crippen LogP contribution >= 0.6 is 0 Å². The Morgan fingerprint density at radius 1 is 1.23 bits per heavy atom. The molecule has 1 unspecified atom stereocenters. The lowest BCUT2D eigenvalue weighted by atomic mass is 9.97. The molecule has 0 aliphatic carbocycles. The van der Waals surface area contributed by atoms with Crippen LogP contribution < -0.4 is 0 Å². The Labute approximate surface area is 129 Å². The van der Waals surface area contributed by atoms with E-state index in [2.05, 4.69) is 4.98 Å². The molecule has 0 N–H and O–H groups in total. The molecule has 2 aromatic rings. The highest BCUT2D eigenvalue weighted by Crippen LogP contribution is 2.35. The summed E-state index contributed by atoms with van der Waals surface area (Å²) in [6.07, 6.45) is 4.56. The summed E-state index contributed by atoms with van der Waals surface area (Å²) in [6.45, 7) is 2.04. The first kappa shape index (κ1) is 14.4. The monoisotopic (exact) mass is 294 g/mol. The molecule has 0 radical (unpaired) electrons. The molecule has 0 spiro atoms. The number of amides is 1. The third-order valence-corrected chi connectivity index (χ3v) is 4.09. The smallest absolute Gasteiger partial charge is 0.220 e. The first-order valence-electron chi connectivity index (χ1n) is 7.43. The highest BCUT2D eigenvalue weighted by atomic mass is 16.2. The molecule has 0 bridgehead atoms. The van der Waals surface area contributed by atoms with E-state index in [1.165, 1.54) is 6.92 Å². The number of hydrogen-bond acceptors (Lipinski definition) is 3. The average molecular weight is 294 g/mol. The normalized spacial score (nSPS) is 16.4. The number of rotatable bonds is 4. The number of Topliss-reactive ketones (excluding diaryl/α,β-unsaturated/α-hetero) is 1. The molecule has 22 heavy (non-hydrogen) atoms. The van der Waals surface area contributed by atoms with E-state index >= 15 is 0 Å². The lowest BCUT2D eigenvalue weighted by Gasteiger charge is -2.22. The Kier molecular flexibility index (Phi) is 4.00. The van der Waals surface area contributed by atoms with Crippen molar-refractivity contribution in [1.82, 2.24) is 9.88 Å². The number of pyridine rings is 1. The average Bonchev–Trinajstić information content (AvgIpc) is 2.93. The zero-order chi connectivity index (χ0) is 15.5. The molecular weight excluding hydrogens is 276 g/mol. The van der Waals surface area contributed by atoms with E-state index in [1.807, 2.05) is 36.4 Å². The Bertz CT molecular complexity index is 697. The molecule has 112 valence electrons. The van der Waals surface area contributed by atoms with Crippen molar-refractivity contribution in [2.75, 3.05) is 0 Å². The van der Waals surface area contributed by atoms with Crippen molar-refractivity contribution in [3.05, 3.63) is 65.5 Å². The molecule has 4 heteroatoms. The van der Waals surface area contributed by atoms with Crippen LogP contribution in [0.4, 0.5) is 0 Å². The molecule has 1 aliphatic heterocycles. The second kappa shape index (κ2) is 6.10. The van der Waals surface area contributed by atoms with Crippen LogP contribution in [0.2, 0.25) is 0 Å². The van der Waals surface area contributed by atoms with E-state index in [4.69, 9.17) is 0 Å². The van der Waals surface area contributed by atoms with Gasteiger partial charge in [0.05, 0.1) is 0 Å². The number of aryl methyl sites for hydroxylation is 1. The number of aromatic nitrogens is 1. The summed E-state index contributed by atoms with van der Waals surface area (Å²) in [5, 5.41) is 0. The number of ketones is 1. The largest absolute Gasteiger partial charge is 0.324 e. The Morgan fingerprint density at radius 2 is 2.05 bits per heavy atom. The molecule has 3 rings (SSSR count). The Balaban J connectivity index is 1.78. The number of nitrogens with zero attached hydrogens (tertiary/aromatic N) is 2. The zero-order valence-corrected chi connectivity index (χ0v) is 12.5. The van der Waals surface area contributed by atoms with E-state index in [1.54, 1.807) is 17.3 Å². The first-order chi connectivity index (χ1) is 10.7. The standard InChI is InChI=1S/C18H18N2O2/c1-13(21)20-12-15-6-2-3-7-16(15)18(20)17(22)9-8-14-5-4-10-19-11-14/h2-7,10-11,18H,8-9,12H2,1H3. The van der Waals surface area contributed by atoms with Crippen molar-refractivity contribution in [2.45, 2.75) is 32.4 Å². The molecule has 4 nitrogen and oxygen atoms in total. The molecule has 2 heterocycles. The summed E-state index contributed by atoms with van der Waals surface area (Å²) in [7, 11) is 0. The van der Waals surface area contributed by atoms with E-state index in [0.717, 1.165) is 16.7 Å². The van der Waals surface area contributed by atoms with Gasteiger partial charge >= 0.3 is 0 Å². The third-order valence-electron chi connectivity index (χ3n) is 4.09. The summed E-state index contributed by atoms with van der Waals surface area (Å²) in [6, 6.07) is 11.2. The molecule has 0 saturated carbocycles. The molecule has 1 aromatic heterocycles. The predicted molar refractivity (Wildman–Crippen MR) is 83.0 cm³/mol. The van der Waals surface area contributed by atoms with E-state index in [-0.39, 0.29) is 11.7 Å². The minimum absolute atomic E-state index is 0.0593. The quantitative estimate of drug-likeness (QED) is 0.871. The number of hydrogen-bond donors (Lipinski definition) is 0. The van der Waals surface area contributed by atoms with Gasteiger partial charge in [0, 0.05) is 32.3 Å². The molecule has 1 atom stereocenters. The summed E-state index contributed by atoms with van der Waals surface area (Å²) in [5.74, 6) is 0.0277. The van der Waals surface area contributed by atoms with Crippen LogP contribution in [0.25, 0.3) is 0 Å². The van der Waals surface area contributed by atoms with Crippen LogP contribution in [0.5, 0.6) is 0 Å². The first-order valence-corrected chi connectivity index (χ1v) is 7.43. The van der Waals surface area contributed by atoms with Crippen LogP contribution in [0.15, 0.2) is 48.8 Å². The topological polar surface area (TPSA) is 50.3 Å². The molecule has 0 saturated heterocycles. The lowest BCUT2D eigenvalue weighted by molar-refractivity contribution is -0.137. The van der Waals surface area contributed by atoms with Gasteiger partial charge in [-0.15, -0.1) is 0 Å². The summed E-state index contributed by atoms with van der Waals surface area (Å²) < 4.78 is 0. The van der Waals surface area contributed by atoms with Gasteiger partial charge in [-0.05, 0) is 29.2 Å². The lowest BCUT2D eigenvalue weighted by Crippen LogP contribution is -2.32. The minimum atomic E-state index is -0.439. The van der Waals surface area contributed by atoms with Crippen molar-refractivity contribution in [3.63, 3.8) is 0 Å². The highest BCUT2D eigenvalue weighted by Gasteiger charge is 2.36. The highest BCUT2D eigenvalue weighted by molar-refractivity contribution is 5.91. The van der Waals surface area contributed by atoms with Crippen molar-refractivity contribution in [1.29, 1.82) is 0 Å². The Morgan fingerprint density at radius 3 is 2.77 bits per heavy atom. The number of carbonyl (C=O) groups excluding carboxylic acids is 2. The molecule has 1 amide bonds. The van der Waals surface area contributed by atoms with Gasteiger partial charge in [-0.3, -0.25) is 14.6 Å². The van der Waals surface area contributed by atoms with Crippen LogP contribution in [-0.4, -0.2) is 21.6 Å².